The third kappa shape index (κ3) is 23.3. The van der Waals surface area contributed by atoms with E-state index in [9.17, 15) is 19.1 Å². The van der Waals surface area contributed by atoms with Gasteiger partial charge >= 0.3 is 7.60 Å². The van der Waals surface area contributed by atoms with Gasteiger partial charge in [0.15, 0.2) is 0 Å². The van der Waals surface area contributed by atoms with Crippen molar-refractivity contribution >= 4 is 13.5 Å². The fourth-order valence-corrected chi connectivity index (χ4v) is 4.88. The number of aliphatic hydroxyl groups is 2. The summed E-state index contributed by atoms with van der Waals surface area (Å²) >= 11 is 0. The molecule has 1 atom stereocenters. The highest BCUT2D eigenvalue weighted by molar-refractivity contribution is 7.53. The van der Waals surface area contributed by atoms with Crippen molar-refractivity contribution in [2.45, 2.75) is 149 Å². The van der Waals surface area contributed by atoms with E-state index in [1.807, 2.05) is 0 Å². The molecule has 1 amide bonds. The molecule has 4 N–H and O–H groups in total. The van der Waals surface area contributed by atoms with Gasteiger partial charge in [-0.3, -0.25) is 9.36 Å². The van der Waals surface area contributed by atoms with Gasteiger partial charge in [0, 0.05) is 13.1 Å². The summed E-state index contributed by atoms with van der Waals surface area (Å²) in [6, 6.07) is 0. The molecule has 8 heteroatoms. The van der Waals surface area contributed by atoms with E-state index >= 15 is 0 Å². The van der Waals surface area contributed by atoms with E-state index < -0.39 is 19.5 Å². The van der Waals surface area contributed by atoms with Crippen molar-refractivity contribution in [1.29, 1.82) is 0 Å². The maximum atomic E-state index is 13.1. The monoisotopic (exact) mass is 509 g/mol. The summed E-state index contributed by atoms with van der Waals surface area (Å²) in [6.07, 6.45) is 16.6. The number of aliphatic hydroxyl groups excluding tert-OH is 1. The summed E-state index contributed by atoms with van der Waals surface area (Å²) in [6.45, 7) is 9.04. The van der Waals surface area contributed by atoms with Crippen LogP contribution < -0.4 is 0 Å². The summed E-state index contributed by atoms with van der Waals surface area (Å²) < 4.78 is 12.1. The smallest absolute Gasteiger partial charge is 0.337 e. The second-order valence-corrected chi connectivity index (χ2v) is 11.2. The van der Waals surface area contributed by atoms with Crippen LogP contribution in [0.25, 0.3) is 0 Å². The largest absolute Gasteiger partial charge is 0.368 e. The third-order valence-corrected chi connectivity index (χ3v) is 7.19. The van der Waals surface area contributed by atoms with E-state index in [1.165, 1.54) is 58.3 Å². The number of carbonyl (C=O) groups excluding carboxylic acids is 1. The van der Waals surface area contributed by atoms with Crippen LogP contribution >= 0.6 is 7.60 Å². The fraction of sp³-hybridized carbons (Fsp3) is 0.962. The van der Waals surface area contributed by atoms with Crippen LogP contribution in [-0.2, 0) is 9.36 Å². The normalized spacial score (nSPS) is 12.4. The van der Waals surface area contributed by atoms with Gasteiger partial charge in [0.05, 0.1) is 0 Å². The van der Waals surface area contributed by atoms with Gasteiger partial charge < -0.3 is 24.9 Å². The summed E-state index contributed by atoms with van der Waals surface area (Å²) in [5.41, 5.74) is -1.16. The van der Waals surface area contributed by atoms with Crippen molar-refractivity contribution < 1.29 is 29.4 Å². The van der Waals surface area contributed by atoms with Crippen molar-refractivity contribution in [2.75, 3.05) is 13.1 Å². The first kappa shape index (κ1) is 35.7. The van der Waals surface area contributed by atoms with Gasteiger partial charge in [0.1, 0.15) is 11.9 Å². The Kier molecular flexibility index (Phi) is 25.5. The lowest BCUT2D eigenvalue weighted by Gasteiger charge is -2.28. The first-order valence-corrected chi connectivity index (χ1v) is 15.5. The van der Waals surface area contributed by atoms with Crippen LogP contribution in [0.2, 0.25) is 0 Å². The van der Waals surface area contributed by atoms with E-state index in [1.54, 1.807) is 4.90 Å². The summed E-state index contributed by atoms with van der Waals surface area (Å²) in [4.78, 5) is 34.6. The molecule has 0 rings (SSSR count). The first-order chi connectivity index (χ1) is 16.1. The molecule has 0 aromatic heterocycles. The van der Waals surface area contributed by atoms with Crippen LogP contribution in [0.15, 0.2) is 0 Å². The lowest BCUT2D eigenvalue weighted by Crippen LogP contribution is -2.40. The van der Waals surface area contributed by atoms with Gasteiger partial charge in [-0.05, 0) is 26.2 Å². The number of hydrogen-bond acceptors (Lipinski definition) is 4. The Morgan fingerprint density at radius 2 is 1.00 bits per heavy atom. The Hall–Kier alpha value is -0.460. The van der Waals surface area contributed by atoms with Gasteiger partial charge in [-0.2, -0.15) is 0 Å². The molecule has 0 aliphatic carbocycles. The lowest BCUT2D eigenvalue weighted by molar-refractivity contribution is -0.131. The Morgan fingerprint density at radius 3 is 1.35 bits per heavy atom. The molecule has 0 saturated heterocycles. The molecule has 0 aliphatic heterocycles. The standard InChI is InChI=1S/C24H50NO4P.C2H6O2/c1-4-7-10-13-15-18-21-25(22-19-16-14-11-8-5-2)24(26)23(30(27,28)29)20-17-12-9-6-3;1-2(3)4/h23H,4-22H2,1-3H3,(H2,27,28,29);2-4H,1H3. The number of hydrogen-bond donors (Lipinski definition) is 4. The number of unbranched alkanes of at least 4 members (excludes halogenated alkanes) is 13. The molecule has 206 valence electrons. The molecule has 0 fully saturated rings. The second kappa shape index (κ2) is 24.2. The molecule has 1 unspecified atom stereocenters. The van der Waals surface area contributed by atoms with Crippen LogP contribution in [0.5, 0.6) is 0 Å². The molecule has 0 aliphatic rings. The fourth-order valence-electron chi connectivity index (χ4n) is 3.91. The van der Waals surface area contributed by atoms with E-state index in [4.69, 9.17) is 10.2 Å². The highest BCUT2D eigenvalue weighted by atomic mass is 31.2. The minimum absolute atomic E-state index is 0.298. The molecule has 0 bridgehead atoms. The predicted octanol–water partition coefficient (Wildman–Crippen LogP) is 6.37. The van der Waals surface area contributed by atoms with Crippen molar-refractivity contribution in [3.05, 3.63) is 0 Å². The van der Waals surface area contributed by atoms with Crippen LogP contribution in [0, 0.1) is 0 Å². The average Bonchev–Trinajstić information content (AvgIpc) is 2.75. The van der Waals surface area contributed by atoms with Crippen molar-refractivity contribution in [3.63, 3.8) is 0 Å². The van der Waals surface area contributed by atoms with Gasteiger partial charge in [0.25, 0.3) is 0 Å². The lowest BCUT2D eigenvalue weighted by atomic mass is 10.1. The zero-order valence-corrected chi connectivity index (χ0v) is 23.5. The number of rotatable bonds is 21. The highest BCUT2D eigenvalue weighted by Gasteiger charge is 2.37. The first-order valence-electron chi connectivity index (χ1n) is 13.8. The minimum Gasteiger partial charge on any atom is -0.368 e. The molecular formula is C26H56NO6P. The van der Waals surface area contributed by atoms with Crippen LogP contribution in [0.1, 0.15) is 137 Å². The number of carbonyl (C=O) groups is 1. The molecule has 0 saturated carbocycles. The zero-order valence-electron chi connectivity index (χ0n) is 22.6. The van der Waals surface area contributed by atoms with Crippen LogP contribution in [-0.4, -0.2) is 55.8 Å². The van der Waals surface area contributed by atoms with E-state index in [-0.39, 0.29) is 5.91 Å². The Labute approximate surface area is 209 Å². The van der Waals surface area contributed by atoms with Gasteiger partial charge in [-0.1, -0.05) is 111 Å². The quantitative estimate of drug-likeness (QED) is 0.0811. The van der Waals surface area contributed by atoms with Crippen molar-refractivity contribution in [3.8, 4) is 0 Å². The minimum atomic E-state index is -4.43. The summed E-state index contributed by atoms with van der Waals surface area (Å²) in [7, 11) is -4.43. The molecule has 0 aromatic rings. The third-order valence-electron chi connectivity index (χ3n) is 5.90. The molecule has 7 nitrogen and oxygen atoms in total. The van der Waals surface area contributed by atoms with E-state index in [0.717, 1.165) is 44.9 Å². The maximum Gasteiger partial charge on any atom is 0.337 e. The van der Waals surface area contributed by atoms with Gasteiger partial charge in [0.2, 0.25) is 5.91 Å². The Bertz CT molecular complexity index is 479. The average molecular weight is 510 g/mol. The Morgan fingerprint density at radius 1 is 0.676 bits per heavy atom. The van der Waals surface area contributed by atoms with Crippen LogP contribution in [0.4, 0.5) is 0 Å². The molecular weight excluding hydrogens is 453 g/mol. The maximum absolute atomic E-state index is 13.1. The van der Waals surface area contributed by atoms with E-state index in [2.05, 4.69) is 20.8 Å². The zero-order chi connectivity index (χ0) is 26.2. The Balaban J connectivity index is 0. The predicted molar refractivity (Wildman–Crippen MR) is 142 cm³/mol. The second-order valence-electron chi connectivity index (χ2n) is 9.45. The molecule has 0 spiro atoms. The molecule has 0 aromatic carbocycles. The topological polar surface area (TPSA) is 118 Å². The SMILES string of the molecule is CC(O)O.CCCCCCCCN(CCCCCCCC)C(=O)C(CCCCCC)P(=O)(O)O. The summed E-state index contributed by atoms with van der Waals surface area (Å²) in [5, 5.41) is 15.2. The summed E-state index contributed by atoms with van der Waals surface area (Å²) in [5.74, 6) is -0.318. The van der Waals surface area contributed by atoms with Crippen molar-refractivity contribution in [1.82, 2.24) is 4.90 Å². The molecule has 0 heterocycles. The van der Waals surface area contributed by atoms with E-state index in [0.29, 0.717) is 25.9 Å². The van der Waals surface area contributed by atoms with Crippen LogP contribution in [0.3, 0.4) is 0 Å². The molecule has 34 heavy (non-hydrogen) atoms. The number of amides is 1. The van der Waals surface area contributed by atoms with Gasteiger partial charge in [-0.15, -0.1) is 0 Å². The van der Waals surface area contributed by atoms with Crippen molar-refractivity contribution in [2.24, 2.45) is 0 Å². The highest BCUT2D eigenvalue weighted by Crippen LogP contribution is 2.44. The number of nitrogens with zero attached hydrogens (tertiary/aromatic N) is 1. The van der Waals surface area contributed by atoms with Gasteiger partial charge in [-0.25, -0.2) is 0 Å². The molecule has 0 radical (unpaired) electrons.